The van der Waals surface area contributed by atoms with Gasteiger partial charge in [-0.25, -0.2) is 4.79 Å². The van der Waals surface area contributed by atoms with Crippen LogP contribution in [0.4, 0.5) is 0 Å². The highest BCUT2D eigenvalue weighted by Crippen LogP contribution is 2.30. The fourth-order valence-electron chi connectivity index (χ4n) is 1.94. The predicted molar refractivity (Wildman–Crippen MR) is 75.8 cm³/mol. The molecule has 1 aromatic carbocycles. The highest BCUT2D eigenvalue weighted by molar-refractivity contribution is 9.10. The summed E-state index contributed by atoms with van der Waals surface area (Å²) in [7, 11) is 0. The lowest BCUT2D eigenvalue weighted by molar-refractivity contribution is -0.132. The molecule has 1 aromatic heterocycles. The van der Waals surface area contributed by atoms with Crippen molar-refractivity contribution in [1.82, 2.24) is 4.57 Å². The number of carboxylic acid groups (broad SMARTS) is 1. The SMILES string of the molecule is CC(=CCn1c(C)c(Br)c2ccccc21)C(=O)O. The Morgan fingerprint density at radius 1 is 1.44 bits per heavy atom. The third-order valence-corrected chi connectivity index (χ3v) is 4.07. The van der Waals surface area contributed by atoms with Crippen LogP contribution < -0.4 is 0 Å². The van der Waals surface area contributed by atoms with Crippen LogP contribution in [0.1, 0.15) is 12.6 Å². The molecule has 0 fully saturated rings. The first-order valence-electron chi connectivity index (χ1n) is 5.65. The lowest BCUT2D eigenvalue weighted by Gasteiger charge is -2.05. The van der Waals surface area contributed by atoms with E-state index in [9.17, 15) is 4.79 Å². The molecule has 1 heterocycles. The number of hydrogen-bond acceptors (Lipinski definition) is 1. The Labute approximate surface area is 114 Å². The van der Waals surface area contributed by atoms with E-state index in [2.05, 4.69) is 26.6 Å². The van der Waals surface area contributed by atoms with Gasteiger partial charge in [0, 0.05) is 33.2 Å². The van der Waals surface area contributed by atoms with Gasteiger partial charge in [0.05, 0.1) is 0 Å². The van der Waals surface area contributed by atoms with Crippen molar-refractivity contribution < 1.29 is 9.90 Å². The smallest absolute Gasteiger partial charge is 0.331 e. The Kier molecular flexibility index (Phi) is 3.57. The lowest BCUT2D eigenvalue weighted by Crippen LogP contribution is -2.02. The molecule has 0 saturated heterocycles. The maximum absolute atomic E-state index is 10.8. The molecular formula is C14H14BrNO2. The molecule has 0 amide bonds. The monoisotopic (exact) mass is 307 g/mol. The number of hydrogen-bond donors (Lipinski definition) is 1. The van der Waals surface area contributed by atoms with Crippen LogP contribution >= 0.6 is 15.9 Å². The van der Waals surface area contributed by atoms with E-state index >= 15 is 0 Å². The van der Waals surface area contributed by atoms with Crippen LogP contribution in [-0.2, 0) is 11.3 Å². The lowest BCUT2D eigenvalue weighted by atomic mass is 10.2. The average molecular weight is 308 g/mol. The largest absolute Gasteiger partial charge is 0.478 e. The van der Waals surface area contributed by atoms with Crippen LogP contribution in [0.3, 0.4) is 0 Å². The van der Waals surface area contributed by atoms with Gasteiger partial charge in [0.2, 0.25) is 0 Å². The van der Waals surface area contributed by atoms with Crippen LogP contribution in [0.2, 0.25) is 0 Å². The van der Waals surface area contributed by atoms with Crippen LogP contribution in [0.5, 0.6) is 0 Å². The minimum atomic E-state index is -0.872. The van der Waals surface area contributed by atoms with Gasteiger partial charge in [-0.2, -0.15) is 0 Å². The van der Waals surface area contributed by atoms with Gasteiger partial charge in [-0.05, 0) is 35.8 Å². The van der Waals surface area contributed by atoms with E-state index in [1.54, 1.807) is 13.0 Å². The van der Waals surface area contributed by atoms with Gasteiger partial charge in [-0.1, -0.05) is 24.3 Å². The minimum absolute atomic E-state index is 0.364. The molecule has 0 unspecified atom stereocenters. The second-order valence-electron chi connectivity index (χ2n) is 4.22. The molecule has 0 radical (unpaired) electrons. The summed E-state index contributed by atoms with van der Waals surface area (Å²) in [5.74, 6) is -0.872. The van der Waals surface area contributed by atoms with E-state index in [0.29, 0.717) is 12.1 Å². The number of benzene rings is 1. The standard InChI is InChI=1S/C14H14BrNO2/c1-9(14(17)18)7-8-16-10(2)13(15)11-5-3-4-6-12(11)16/h3-7H,8H2,1-2H3,(H,17,18). The molecule has 1 N–H and O–H groups in total. The number of aliphatic carboxylic acids is 1. The number of para-hydroxylation sites is 1. The van der Waals surface area contributed by atoms with Crippen LogP contribution in [-0.4, -0.2) is 15.6 Å². The van der Waals surface area contributed by atoms with Crippen LogP contribution in [0.25, 0.3) is 10.9 Å². The first kappa shape index (κ1) is 12.9. The number of halogens is 1. The van der Waals surface area contributed by atoms with Gasteiger partial charge in [0.25, 0.3) is 0 Å². The van der Waals surface area contributed by atoms with Crippen molar-refractivity contribution in [2.45, 2.75) is 20.4 Å². The van der Waals surface area contributed by atoms with Crippen LogP contribution in [0, 0.1) is 6.92 Å². The summed E-state index contributed by atoms with van der Waals surface area (Å²) < 4.78 is 3.17. The molecule has 3 nitrogen and oxygen atoms in total. The van der Waals surface area contributed by atoms with Crippen molar-refractivity contribution in [2.24, 2.45) is 0 Å². The third kappa shape index (κ3) is 2.20. The average Bonchev–Trinajstić information content (AvgIpc) is 2.60. The Bertz CT molecular complexity index is 641. The minimum Gasteiger partial charge on any atom is -0.478 e. The molecule has 0 aliphatic carbocycles. The van der Waals surface area contributed by atoms with Crippen molar-refractivity contribution in [3.63, 3.8) is 0 Å². The third-order valence-electron chi connectivity index (χ3n) is 3.07. The topological polar surface area (TPSA) is 42.2 Å². The number of allylic oxidation sites excluding steroid dienone is 1. The highest BCUT2D eigenvalue weighted by Gasteiger charge is 2.10. The maximum Gasteiger partial charge on any atom is 0.331 e. The zero-order chi connectivity index (χ0) is 13.3. The van der Waals surface area contributed by atoms with E-state index in [4.69, 9.17) is 5.11 Å². The molecule has 0 aliphatic rings. The first-order chi connectivity index (χ1) is 8.52. The predicted octanol–water partition coefficient (Wildman–Crippen LogP) is 3.74. The Balaban J connectivity index is 2.48. The Morgan fingerprint density at radius 2 is 2.11 bits per heavy atom. The first-order valence-corrected chi connectivity index (χ1v) is 6.45. The highest BCUT2D eigenvalue weighted by atomic mass is 79.9. The van der Waals surface area contributed by atoms with Crippen molar-refractivity contribution >= 4 is 32.8 Å². The normalized spacial score (nSPS) is 12.1. The van der Waals surface area contributed by atoms with Crippen molar-refractivity contribution in [3.8, 4) is 0 Å². The molecule has 0 spiro atoms. The molecule has 18 heavy (non-hydrogen) atoms. The van der Waals surface area contributed by atoms with Crippen molar-refractivity contribution in [3.05, 3.63) is 46.1 Å². The molecule has 94 valence electrons. The summed E-state index contributed by atoms with van der Waals surface area (Å²) in [6.07, 6.45) is 1.73. The van der Waals surface area contributed by atoms with Gasteiger partial charge in [-0.15, -0.1) is 0 Å². The summed E-state index contributed by atoms with van der Waals surface area (Å²) in [5, 5.41) is 10.0. The van der Waals surface area contributed by atoms with Crippen molar-refractivity contribution in [1.29, 1.82) is 0 Å². The van der Waals surface area contributed by atoms with E-state index in [0.717, 1.165) is 21.1 Å². The Hall–Kier alpha value is -1.55. The van der Waals surface area contributed by atoms with Gasteiger partial charge < -0.3 is 9.67 Å². The van der Waals surface area contributed by atoms with Crippen molar-refractivity contribution in [2.75, 3.05) is 0 Å². The second-order valence-corrected chi connectivity index (χ2v) is 5.01. The number of carbonyl (C=O) groups is 1. The quantitative estimate of drug-likeness (QED) is 0.878. The zero-order valence-electron chi connectivity index (χ0n) is 10.3. The van der Waals surface area contributed by atoms with E-state index in [-0.39, 0.29) is 0 Å². The van der Waals surface area contributed by atoms with Gasteiger partial charge in [0.15, 0.2) is 0 Å². The number of rotatable bonds is 3. The summed E-state index contributed by atoms with van der Waals surface area (Å²) in [5.41, 5.74) is 2.57. The van der Waals surface area contributed by atoms with Gasteiger partial charge in [-0.3, -0.25) is 0 Å². The van der Waals surface area contributed by atoms with E-state index in [1.807, 2.05) is 25.1 Å². The van der Waals surface area contributed by atoms with Gasteiger partial charge >= 0.3 is 5.97 Å². The van der Waals surface area contributed by atoms with E-state index < -0.39 is 5.97 Å². The molecule has 4 heteroatoms. The van der Waals surface area contributed by atoms with E-state index in [1.165, 1.54) is 0 Å². The summed E-state index contributed by atoms with van der Waals surface area (Å²) in [4.78, 5) is 10.8. The molecule has 2 aromatic rings. The summed E-state index contributed by atoms with van der Waals surface area (Å²) >= 11 is 3.58. The molecule has 0 saturated carbocycles. The molecule has 2 rings (SSSR count). The van der Waals surface area contributed by atoms with Crippen LogP contribution in [0.15, 0.2) is 40.4 Å². The number of fused-ring (bicyclic) bond motifs is 1. The zero-order valence-corrected chi connectivity index (χ0v) is 11.9. The fourth-order valence-corrected chi connectivity index (χ4v) is 2.49. The Morgan fingerprint density at radius 3 is 2.78 bits per heavy atom. The summed E-state index contributed by atoms with van der Waals surface area (Å²) in [6, 6.07) is 8.07. The molecule has 0 bridgehead atoms. The number of aromatic nitrogens is 1. The molecule has 0 aliphatic heterocycles. The van der Waals surface area contributed by atoms with Gasteiger partial charge in [0.1, 0.15) is 0 Å². The maximum atomic E-state index is 10.8. The number of carboxylic acids is 1. The second kappa shape index (κ2) is 4.98. The molecule has 0 atom stereocenters. The molecular weight excluding hydrogens is 294 g/mol. The number of nitrogens with zero attached hydrogens (tertiary/aromatic N) is 1. The fraction of sp³-hybridized carbons (Fsp3) is 0.214. The summed E-state index contributed by atoms with van der Waals surface area (Å²) in [6.45, 7) is 4.20.